The minimum atomic E-state index is -0.108. The fourth-order valence-electron chi connectivity index (χ4n) is 3.94. The Morgan fingerprint density at radius 3 is 2.73 bits per heavy atom. The lowest BCUT2D eigenvalue weighted by atomic mass is 9.95. The van der Waals surface area contributed by atoms with Gasteiger partial charge in [0.15, 0.2) is 0 Å². The van der Waals surface area contributed by atoms with Gasteiger partial charge in [-0.25, -0.2) is 4.98 Å². The Kier molecular flexibility index (Phi) is 6.23. The van der Waals surface area contributed by atoms with Gasteiger partial charge in [-0.3, -0.25) is 14.7 Å². The first-order chi connectivity index (χ1) is 14.6. The summed E-state index contributed by atoms with van der Waals surface area (Å²) in [5, 5.41) is 0. The molecule has 0 radical (unpaired) electrons. The number of benzene rings is 1. The second-order valence-corrected chi connectivity index (χ2v) is 8.12. The highest BCUT2D eigenvalue weighted by Crippen LogP contribution is 2.27. The van der Waals surface area contributed by atoms with Crippen LogP contribution in [-0.2, 0) is 6.54 Å². The van der Waals surface area contributed by atoms with Gasteiger partial charge in [0.1, 0.15) is 11.6 Å². The number of hydrogen-bond donors (Lipinski definition) is 1. The molecule has 1 saturated heterocycles. The monoisotopic (exact) mass is 404 g/mol. The molecule has 1 aliphatic rings. The molecule has 0 aliphatic carbocycles. The van der Waals surface area contributed by atoms with E-state index in [-0.39, 0.29) is 17.6 Å². The Morgan fingerprint density at radius 2 is 2.00 bits per heavy atom. The Labute approximate surface area is 177 Å². The van der Waals surface area contributed by atoms with Crippen molar-refractivity contribution in [1.82, 2.24) is 19.9 Å². The van der Waals surface area contributed by atoms with Crippen LogP contribution >= 0.6 is 0 Å². The molecule has 0 amide bonds. The molecule has 3 aromatic rings. The molecule has 6 nitrogen and oxygen atoms in total. The van der Waals surface area contributed by atoms with E-state index in [0.717, 1.165) is 49.6 Å². The summed E-state index contributed by atoms with van der Waals surface area (Å²) in [5.41, 5.74) is 2.71. The van der Waals surface area contributed by atoms with Crippen molar-refractivity contribution in [1.29, 1.82) is 0 Å². The molecule has 2 aromatic heterocycles. The van der Waals surface area contributed by atoms with Crippen LogP contribution < -0.4 is 10.3 Å². The minimum absolute atomic E-state index is 0.108. The second-order valence-electron chi connectivity index (χ2n) is 8.12. The van der Waals surface area contributed by atoms with Gasteiger partial charge in [0.05, 0.1) is 11.8 Å². The van der Waals surface area contributed by atoms with Crippen molar-refractivity contribution >= 4 is 0 Å². The fraction of sp³-hybridized carbons (Fsp3) is 0.375. The van der Waals surface area contributed by atoms with Crippen molar-refractivity contribution in [2.24, 2.45) is 0 Å². The lowest BCUT2D eigenvalue weighted by Crippen LogP contribution is -2.33. The van der Waals surface area contributed by atoms with Gasteiger partial charge in [-0.1, -0.05) is 12.1 Å². The van der Waals surface area contributed by atoms with Gasteiger partial charge < -0.3 is 9.72 Å². The molecular weight excluding hydrogens is 376 g/mol. The SMILES string of the molecule is CC(C)Oc1cccc(CN2CCC(c3nc(-c4cccnc4)cc(=O)[nH]3)CC2)c1. The van der Waals surface area contributed by atoms with Crippen LogP contribution in [0.1, 0.15) is 44.0 Å². The van der Waals surface area contributed by atoms with Gasteiger partial charge in [-0.2, -0.15) is 0 Å². The van der Waals surface area contributed by atoms with Crippen LogP contribution in [0.2, 0.25) is 0 Å². The molecule has 4 rings (SSSR count). The number of pyridine rings is 1. The van der Waals surface area contributed by atoms with E-state index in [1.54, 1.807) is 18.5 Å². The maximum Gasteiger partial charge on any atom is 0.251 e. The third kappa shape index (κ3) is 5.13. The smallest absolute Gasteiger partial charge is 0.251 e. The van der Waals surface area contributed by atoms with E-state index < -0.39 is 0 Å². The van der Waals surface area contributed by atoms with Crippen LogP contribution in [0.15, 0.2) is 59.7 Å². The number of nitrogens with one attached hydrogen (secondary N) is 1. The highest BCUT2D eigenvalue weighted by molar-refractivity contribution is 5.56. The molecule has 6 heteroatoms. The van der Waals surface area contributed by atoms with Gasteiger partial charge >= 0.3 is 0 Å². The van der Waals surface area contributed by atoms with E-state index in [0.29, 0.717) is 5.69 Å². The number of ether oxygens (including phenoxy) is 1. The zero-order chi connectivity index (χ0) is 20.9. The standard InChI is InChI=1S/C24H28N4O2/c1-17(2)30-21-7-3-5-18(13-21)16-28-11-8-19(9-12-28)24-26-22(14-23(29)27-24)20-6-4-10-25-15-20/h3-7,10,13-15,17,19H,8-9,11-12,16H2,1-2H3,(H,26,27,29). The summed E-state index contributed by atoms with van der Waals surface area (Å²) in [4.78, 5) is 26.5. The number of nitrogens with zero attached hydrogens (tertiary/aromatic N) is 3. The van der Waals surface area contributed by atoms with E-state index in [4.69, 9.17) is 9.72 Å². The molecule has 1 N–H and O–H groups in total. The van der Waals surface area contributed by atoms with Gasteiger partial charge in [-0.15, -0.1) is 0 Å². The topological polar surface area (TPSA) is 71.1 Å². The summed E-state index contributed by atoms with van der Waals surface area (Å²) in [5.74, 6) is 1.97. The first-order valence-electron chi connectivity index (χ1n) is 10.6. The van der Waals surface area contributed by atoms with Crippen molar-refractivity contribution in [2.45, 2.75) is 45.3 Å². The van der Waals surface area contributed by atoms with Gasteiger partial charge in [-0.05, 0) is 69.6 Å². The predicted octanol–water partition coefficient (Wildman–Crippen LogP) is 4.00. The predicted molar refractivity (Wildman–Crippen MR) is 118 cm³/mol. The summed E-state index contributed by atoms with van der Waals surface area (Å²) in [7, 11) is 0. The molecule has 0 spiro atoms. The molecule has 0 saturated carbocycles. The number of likely N-dealkylation sites (tertiary alicyclic amines) is 1. The van der Waals surface area contributed by atoms with Crippen LogP contribution in [0, 0.1) is 0 Å². The summed E-state index contributed by atoms with van der Waals surface area (Å²) >= 11 is 0. The van der Waals surface area contributed by atoms with Crippen molar-refractivity contribution in [3.63, 3.8) is 0 Å². The second kappa shape index (κ2) is 9.22. The Bertz CT molecular complexity index is 1020. The number of rotatable bonds is 6. The molecule has 1 aliphatic heterocycles. The zero-order valence-corrected chi connectivity index (χ0v) is 17.5. The molecular formula is C24H28N4O2. The lowest BCUT2D eigenvalue weighted by Gasteiger charge is -2.31. The Morgan fingerprint density at radius 1 is 1.17 bits per heavy atom. The third-order valence-corrected chi connectivity index (χ3v) is 5.37. The molecule has 0 bridgehead atoms. The highest BCUT2D eigenvalue weighted by atomic mass is 16.5. The maximum atomic E-state index is 12.2. The van der Waals surface area contributed by atoms with Crippen LogP contribution in [0.4, 0.5) is 0 Å². The summed E-state index contributed by atoms with van der Waals surface area (Å²) in [6, 6.07) is 13.7. The van der Waals surface area contributed by atoms with Gasteiger partial charge in [0.2, 0.25) is 0 Å². The summed E-state index contributed by atoms with van der Waals surface area (Å²) < 4.78 is 5.81. The number of aromatic amines is 1. The molecule has 1 fully saturated rings. The number of aromatic nitrogens is 3. The van der Waals surface area contributed by atoms with E-state index in [1.807, 2.05) is 32.0 Å². The third-order valence-electron chi connectivity index (χ3n) is 5.37. The normalized spacial score (nSPS) is 15.4. The number of piperidine rings is 1. The average molecular weight is 405 g/mol. The lowest BCUT2D eigenvalue weighted by molar-refractivity contribution is 0.200. The molecule has 0 unspecified atom stereocenters. The summed E-state index contributed by atoms with van der Waals surface area (Å²) in [6.45, 7) is 6.93. The van der Waals surface area contributed by atoms with E-state index in [2.05, 4.69) is 33.1 Å². The minimum Gasteiger partial charge on any atom is -0.491 e. The Balaban J connectivity index is 1.40. The zero-order valence-electron chi connectivity index (χ0n) is 17.5. The van der Waals surface area contributed by atoms with Crippen molar-refractivity contribution in [2.75, 3.05) is 13.1 Å². The average Bonchev–Trinajstić information content (AvgIpc) is 2.74. The summed E-state index contributed by atoms with van der Waals surface area (Å²) in [6.07, 6.45) is 5.58. The first-order valence-corrected chi connectivity index (χ1v) is 10.6. The fourth-order valence-corrected chi connectivity index (χ4v) is 3.94. The molecule has 30 heavy (non-hydrogen) atoms. The highest BCUT2D eigenvalue weighted by Gasteiger charge is 2.23. The van der Waals surface area contributed by atoms with Crippen molar-refractivity contribution in [3.8, 4) is 17.0 Å². The van der Waals surface area contributed by atoms with E-state index in [9.17, 15) is 4.79 Å². The first kappa shape index (κ1) is 20.3. The quantitative estimate of drug-likeness (QED) is 0.672. The van der Waals surface area contributed by atoms with Crippen LogP contribution in [-0.4, -0.2) is 39.0 Å². The largest absolute Gasteiger partial charge is 0.491 e. The van der Waals surface area contributed by atoms with Crippen LogP contribution in [0.5, 0.6) is 5.75 Å². The molecule has 1 aromatic carbocycles. The maximum absolute atomic E-state index is 12.2. The van der Waals surface area contributed by atoms with Crippen molar-refractivity contribution < 1.29 is 4.74 Å². The van der Waals surface area contributed by atoms with E-state index >= 15 is 0 Å². The van der Waals surface area contributed by atoms with Crippen LogP contribution in [0.25, 0.3) is 11.3 Å². The Hall–Kier alpha value is -2.99. The molecule has 0 atom stereocenters. The number of H-pyrrole nitrogens is 1. The molecule has 3 heterocycles. The van der Waals surface area contributed by atoms with Crippen molar-refractivity contribution in [3.05, 3.63) is 76.6 Å². The van der Waals surface area contributed by atoms with Gasteiger partial charge in [0, 0.05) is 36.5 Å². The van der Waals surface area contributed by atoms with Crippen LogP contribution in [0.3, 0.4) is 0 Å². The molecule has 156 valence electrons. The number of hydrogen-bond acceptors (Lipinski definition) is 5. The van der Waals surface area contributed by atoms with E-state index in [1.165, 1.54) is 5.56 Å². The van der Waals surface area contributed by atoms with Gasteiger partial charge in [0.25, 0.3) is 5.56 Å².